The maximum Gasteiger partial charge on any atom is 0.264 e. The first-order valence-electron chi connectivity index (χ1n) is 20.0. The van der Waals surface area contributed by atoms with Gasteiger partial charge in [0.15, 0.2) is 5.60 Å². The number of hydrogen-bond donors (Lipinski definition) is 3. The third-order valence-corrected chi connectivity index (χ3v) is 17.4. The zero-order chi connectivity index (χ0) is 41.6. The number of benzene rings is 5. The molecule has 3 amide bonds. The van der Waals surface area contributed by atoms with Crippen LogP contribution in [0.15, 0.2) is 115 Å². The van der Waals surface area contributed by atoms with E-state index < -0.39 is 19.8 Å². The van der Waals surface area contributed by atoms with Crippen molar-refractivity contribution in [2.45, 2.75) is 69.2 Å². The Hall–Kier alpha value is -5.46. The van der Waals surface area contributed by atoms with Crippen molar-refractivity contribution in [2.75, 3.05) is 29.7 Å². The van der Waals surface area contributed by atoms with Gasteiger partial charge < -0.3 is 35.4 Å². The number of methoxy groups -OCH3 is 1. The molecule has 304 valence electrons. The number of fused-ring (bicyclic) bond motifs is 3. The smallest absolute Gasteiger partial charge is 0.264 e. The molecule has 59 heavy (non-hydrogen) atoms. The first kappa shape index (κ1) is 40.3. The van der Waals surface area contributed by atoms with Crippen LogP contribution in [-0.4, -0.2) is 61.7 Å². The molecule has 0 bridgehead atoms. The van der Waals surface area contributed by atoms with E-state index in [-0.39, 0.29) is 54.8 Å². The number of ether oxygens (including phenoxy) is 2. The predicted octanol–water partition coefficient (Wildman–Crippen LogP) is 7.28. The maximum atomic E-state index is 15.3. The van der Waals surface area contributed by atoms with Crippen LogP contribution in [0.4, 0.5) is 17.1 Å². The molecule has 3 aliphatic heterocycles. The van der Waals surface area contributed by atoms with E-state index in [4.69, 9.17) is 26.8 Å². The van der Waals surface area contributed by atoms with Crippen molar-refractivity contribution < 1.29 is 29.0 Å². The van der Waals surface area contributed by atoms with Crippen LogP contribution in [0.3, 0.4) is 0 Å². The van der Waals surface area contributed by atoms with E-state index in [9.17, 15) is 14.7 Å². The van der Waals surface area contributed by atoms with Gasteiger partial charge in [-0.2, -0.15) is 0 Å². The van der Waals surface area contributed by atoms with Gasteiger partial charge in [-0.3, -0.25) is 14.4 Å². The second-order valence-corrected chi connectivity index (χ2v) is 21.6. The van der Waals surface area contributed by atoms with Gasteiger partial charge >= 0.3 is 0 Å². The van der Waals surface area contributed by atoms with Crippen LogP contribution >= 0.6 is 11.6 Å². The van der Waals surface area contributed by atoms with Crippen molar-refractivity contribution in [3.63, 3.8) is 0 Å². The highest BCUT2D eigenvalue weighted by atomic mass is 35.5. The number of carbonyl (C=O) groups is 3. The van der Waals surface area contributed by atoms with Gasteiger partial charge in [0, 0.05) is 40.0 Å². The molecular formula is C47H49ClN4O6Si. The molecular weight excluding hydrogens is 780 g/mol. The van der Waals surface area contributed by atoms with E-state index in [1.54, 1.807) is 47.2 Å². The summed E-state index contributed by atoms with van der Waals surface area (Å²) >= 11 is 6.73. The number of hydrogen-bond acceptors (Lipinski definition) is 7. The van der Waals surface area contributed by atoms with Crippen LogP contribution in [0.25, 0.3) is 0 Å². The average molecular weight is 829 g/mol. The van der Waals surface area contributed by atoms with Gasteiger partial charge in [0.1, 0.15) is 5.75 Å². The highest BCUT2D eigenvalue weighted by molar-refractivity contribution is 6.91. The largest absolute Gasteiger partial charge is 0.497 e. The fraction of sp³-hybridized carbons (Fsp3) is 0.298. The Morgan fingerprint density at radius 1 is 0.966 bits per heavy atom. The van der Waals surface area contributed by atoms with E-state index in [2.05, 4.69) is 43.5 Å². The second kappa shape index (κ2) is 15.9. The number of carbonyl (C=O) groups excluding carboxylic acids is 3. The summed E-state index contributed by atoms with van der Waals surface area (Å²) in [5.41, 5.74) is 10.3. The lowest BCUT2D eigenvalue weighted by Gasteiger charge is -2.39. The van der Waals surface area contributed by atoms with Crippen molar-refractivity contribution in [3.05, 3.63) is 148 Å². The molecule has 4 N–H and O–H groups in total. The summed E-state index contributed by atoms with van der Waals surface area (Å²) in [4.78, 5) is 46.4. The molecule has 0 aromatic heterocycles. The van der Waals surface area contributed by atoms with E-state index in [0.717, 1.165) is 27.6 Å². The number of rotatable bonds is 10. The Balaban J connectivity index is 1.12. The summed E-state index contributed by atoms with van der Waals surface area (Å²) < 4.78 is 12.8. The minimum absolute atomic E-state index is 0.0503. The van der Waals surface area contributed by atoms with E-state index in [1.807, 2.05) is 66.7 Å². The Labute approximate surface area is 350 Å². The van der Waals surface area contributed by atoms with Crippen molar-refractivity contribution in [3.8, 4) is 5.75 Å². The van der Waals surface area contributed by atoms with Gasteiger partial charge in [0.05, 0.1) is 52.6 Å². The summed E-state index contributed by atoms with van der Waals surface area (Å²) in [5.74, 6) is -0.175. The molecule has 10 nitrogen and oxygen atoms in total. The molecule has 0 aliphatic carbocycles. The monoisotopic (exact) mass is 828 g/mol. The average Bonchev–Trinajstić information content (AvgIpc) is 3.66. The van der Waals surface area contributed by atoms with Gasteiger partial charge in [-0.25, -0.2) is 0 Å². The fourth-order valence-electron chi connectivity index (χ4n) is 9.69. The SMILES string of the molecule is COc1ccc([Si](C)(C)[C@@H]2[C@@H](CC(=O)N3Cc4ccccc4C[C@H]3CO)O[C@]3(C(=O)N(Cc4ccc(NC(=O)c5ccc(N)cc5)cc4)c4ccc(Cl)cc43)[C@H]2C)cc1. The zero-order valence-corrected chi connectivity index (χ0v) is 35.4. The lowest BCUT2D eigenvalue weighted by Crippen LogP contribution is -2.52. The predicted molar refractivity (Wildman–Crippen MR) is 234 cm³/mol. The number of halogens is 1. The van der Waals surface area contributed by atoms with Gasteiger partial charge in [-0.05, 0) is 95.4 Å². The maximum absolute atomic E-state index is 15.3. The fourth-order valence-corrected chi connectivity index (χ4v) is 13.9. The van der Waals surface area contributed by atoms with Crippen molar-refractivity contribution >= 4 is 59.6 Å². The highest BCUT2D eigenvalue weighted by Crippen LogP contribution is 2.60. The number of aliphatic hydroxyl groups excluding tert-OH is 1. The lowest BCUT2D eigenvalue weighted by atomic mass is 9.82. The molecule has 3 heterocycles. The quantitative estimate of drug-likeness (QED) is 0.0996. The van der Waals surface area contributed by atoms with Crippen molar-refractivity contribution in [1.82, 2.24) is 4.90 Å². The second-order valence-electron chi connectivity index (χ2n) is 16.5. The normalized spacial score (nSPS) is 22.3. The molecule has 1 saturated heterocycles. The summed E-state index contributed by atoms with van der Waals surface area (Å²) in [6.07, 6.45) is 0.00141. The molecule has 12 heteroatoms. The van der Waals surface area contributed by atoms with Crippen LogP contribution in [0.5, 0.6) is 5.75 Å². The van der Waals surface area contributed by atoms with Gasteiger partial charge in [-0.15, -0.1) is 0 Å². The van der Waals surface area contributed by atoms with Crippen molar-refractivity contribution in [1.29, 1.82) is 0 Å². The lowest BCUT2D eigenvalue weighted by molar-refractivity contribution is -0.151. The first-order valence-corrected chi connectivity index (χ1v) is 23.5. The Morgan fingerprint density at radius 2 is 1.66 bits per heavy atom. The standard InChI is InChI=1S/C47H49ClN4O6Si/c1-29-44(59(3,4)39-20-18-38(57-2)19-21-39)42(25-43(54)51-27-33-8-6-5-7-32(33)23-37(51)28-53)58-47(29)40-24-34(48)13-22-41(40)52(46(47)56)26-30-9-16-36(17-10-30)50-45(55)31-11-14-35(49)15-12-31/h5-22,24,29,37,42,44,53H,23,25-28,49H2,1-4H3,(H,50,55)/t29-,37-,42+,44-,47+/m0/s1. The number of amides is 3. The number of anilines is 3. The Bertz CT molecular complexity index is 2390. The Morgan fingerprint density at radius 3 is 2.34 bits per heavy atom. The summed E-state index contributed by atoms with van der Waals surface area (Å²) in [6, 6.07) is 35.4. The van der Waals surface area contributed by atoms with Gasteiger partial charge in [0.25, 0.3) is 11.8 Å². The van der Waals surface area contributed by atoms with Crippen LogP contribution < -0.4 is 25.9 Å². The molecule has 0 unspecified atom stereocenters. The van der Waals surface area contributed by atoms with Crippen LogP contribution in [0.2, 0.25) is 23.7 Å². The topological polar surface area (TPSA) is 134 Å². The number of nitrogens with zero attached hydrogens (tertiary/aromatic N) is 2. The molecule has 0 saturated carbocycles. The van der Waals surface area contributed by atoms with Crippen LogP contribution in [0.1, 0.15) is 46.0 Å². The molecule has 8 rings (SSSR count). The third kappa shape index (κ3) is 7.30. The number of nitrogen functional groups attached to an aromatic ring is 1. The Kier molecular flexibility index (Phi) is 10.9. The molecule has 5 aromatic carbocycles. The molecule has 1 fully saturated rings. The van der Waals surface area contributed by atoms with Gasteiger partial charge in [-0.1, -0.05) is 85.3 Å². The summed E-state index contributed by atoms with van der Waals surface area (Å²) in [6.45, 7) is 7.14. The van der Waals surface area contributed by atoms with E-state index in [1.165, 1.54) is 0 Å². The number of aliphatic hydroxyl groups is 1. The van der Waals surface area contributed by atoms with E-state index >= 15 is 4.79 Å². The highest BCUT2D eigenvalue weighted by Gasteiger charge is 2.66. The van der Waals surface area contributed by atoms with Crippen LogP contribution in [0, 0.1) is 5.92 Å². The van der Waals surface area contributed by atoms with Crippen molar-refractivity contribution in [2.24, 2.45) is 5.92 Å². The molecule has 5 atom stereocenters. The van der Waals surface area contributed by atoms with Crippen LogP contribution in [-0.2, 0) is 39.4 Å². The number of nitrogens with two attached hydrogens (primary N) is 1. The molecule has 0 radical (unpaired) electrons. The summed E-state index contributed by atoms with van der Waals surface area (Å²) in [5, 5.41) is 15.1. The molecule has 5 aromatic rings. The van der Waals surface area contributed by atoms with Gasteiger partial charge in [0.2, 0.25) is 5.91 Å². The minimum atomic E-state index is -2.55. The third-order valence-electron chi connectivity index (χ3n) is 12.8. The molecule has 3 aliphatic rings. The van der Waals surface area contributed by atoms with E-state index in [0.29, 0.717) is 46.2 Å². The molecule has 1 spiro atoms. The number of nitrogens with one attached hydrogen (secondary N) is 1. The summed E-state index contributed by atoms with van der Waals surface area (Å²) in [7, 11) is -0.911. The minimum Gasteiger partial charge on any atom is -0.497 e. The first-order chi connectivity index (χ1) is 28.3. The zero-order valence-electron chi connectivity index (χ0n) is 33.7.